The Labute approximate surface area is 125 Å². The van der Waals surface area contributed by atoms with E-state index in [1.807, 2.05) is 0 Å². The molecule has 0 aliphatic heterocycles. The van der Waals surface area contributed by atoms with Gasteiger partial charge in [-0.05, 0) is 41.4 Å². The minimum absolute atomic E-state index is 0.0751. The molecule has 0 atom stereocenters. The fourth-order valence-electron chi connectivity index (χ4n) is 3.06. The molecule has 1 aliphatic rings. The topological polar surface area (TPSA) is 26.0 Å². The van der Waals surface area contributed by atoms with Crippen molar-refractivity contribution < 1.29 is 0 Å². The molecular formula is C19H31N. The van der Waals surface area contributed by atoms with Gasteiger partial charge in [0.1, 0.15) is 0 Å². The lowest BCUT2D eigenvalue weighted by molar-refractivity contribution is 0.501. The van der Waals surface area contributed by atoms with E-state index in [2.05, 4.69) is 68.0 Å². The monoisotopic (exact) mass is 273 g/mol. The van der Waals surface area contributed by atoms with Crippen LogP contribution in [0, 0.1) is 10.8 Å². The quantitative estimate of drug-likeness (QED) is 0.659. The molecule has 0 aromatic heterocycles. The average molecular weight is 273 g/mol. The Morgan fingerprint density at radius 3 is 2.00 bits per heavy atom. The third-order valence-electron chi connectivity index (χ3n) is 3.81. The molecule has 112 valence electrons. The average Bonchev–Trinajstić information content (AvgIpc) is 2.46. The molecule has 0 saturated heterocycles. The molecule has 1 rings (SSSR count). The molecule has 0 fully saturated rings. The number of hydrogen-bond donors (Lipinski definition) is 1. The van der Waals surface area contributed by atoms with Crippen LogP contribution >= 0.6 is 0 Å². The van der Waals surface area contributed by atoms with Crippen molar-refractivity contribution in [1.82, 2.24) is 0 Å². The number of rotatable bonds is 2. The number of nitrogens with two attached hydrogens (primary N) is 1. The van der Waals surface area contributed by atoms with Gasteiger partial charge in [0.2, 0.25) is 0 Å². The molecule has 0 unspecified atom stereocenters. The molecular weight excluding hydrogens is 242 g/mol. The first kappa shape index (κ1) is 16.8. The summed E-state index contributed by atoms with van der Waals surface area (Å²) in [5, 5.41) is 0. The van der Waals surface area contributed by atoms with Crippen molar-refractivity contribution >= 4 is 0 Å². The summed E-state index contributed by atoms with van der Waals surface area (Å²) in [7, 11) is 0. The van der Waals surface area contributed by atoms with Gasteiger partial charge >= 0.3 is 0 Å². The molecule has 0 aromatic rings. The van der Waals surface area contributed by atoms with Gasteiger partial charge in [0.05, 0.1) is 0 Å². The summed E-state index contributed by atoms with van der Waals surface area (Å²) in [4.78, 5) is 0. The molecule has 1 aliphatic carbocycles. The van der Waals surface area contributed by atoms with E-state index in [1.165, 1.54) is 22.3 Å². The molecule has 0 amide bonds. The third kappa shape index (κ3) is 3.45. The second-order valence-electron chi connectivity index (χ2n) is 8.11. The van der Waals surface area contributed by atoms with Gasteiger partial charge in [-0.25, -0.2) is 0 Å². The van der Waals surface area contributed by atoms with Crippen LogP contribution < -0.4 is 5.73 Å². The van der Waals surface area contributed by atoms with Crippen molar-refractivity contribution in [2.45, 2.75) is 61.8 Å². The molecule has 0 saturated carbocycles. The van der Waals surface area contributed by atoms with E-state index in [0.717, 1.165) is 17.7 Å². The van der Waals surface area contributed by atoms with Crippen molar-refractivity contribution in [3.63, 3.8) is 0 Å². The predicted molar refractivity (Wildman–Crippen MR) is 90.3 cm³/mol. The van der Waals surface area contributed by atoms with Crippen molar-refractivity contribution in [2.75, 3.05) is 0 Å². The zero-order valence-electron chi connectivity index (χ0n) is 14.6. The first-order valence-corrected chi connectivity index (χ1v) is 7.43. The zero-order valence-corrected chi connectivity index (χ0v) is 14.6. The van der Waals surface area contributed by atoms with E-state index >= 15 is 0 Å². The van der Waals surface area contributed by atoms with E-state index in [0.29, 0.717) is 0 Å². The summed E-state index contributed by atoms with van der Waals surface area (Å²) >= 11 is 0. The van der Waals surface area contributed by atoms with E-state index in [-0.39, 0.29) is 10.8 Å². The summed E-state index contributed by atoms with van der Waals surface area (Å²) in [6.07, 6.45) is 3.21. The lowest BCUT2D eigenvalue weighted by Gasteiger charge is -2.27. The summed E-state index contributed by atoms with van der Waals surface area (Å²) < 4.78 is 0. The van der Waals surface area contributed by atoms with Crippen LogP contribution in [0.3, 0.4) is 0 Å². The predicted octanol–water partition coefficient (Wildman–Crippen LogP) is 5.51. The van der Waals surface area contributed by atoms with Gasteiger partial charge in [-0.15, -0.1) is 0 Å². The number of hydrogen-bond acceptors (Lipinski definition) is 1. The molecule has 0 heterocycles. The van der Waals surface area contributed by atoms with Crippen LogP contribution in [0.15, 0.2) is 46.2 Å². The van der Waals surface area contributed by atoms with Crippen LogP contribution in [0.1, 0.15) is 61.8 Å². The summed E-state index contributed by atoms with van der Waals surface area (Å²) in [6, 6.07) is 0. The zero-order chi connectivity index (χ0) is 15.9. The third-order valence-corrected chi connectivity index (χ3v) is 3.81. The Morgan fingerprint density at radius 1 is 1.15 bits per heavy atom. The minimum atomic E-state index is 0.0751. The highest BCUT2D eigenvalue weighted by Gasteiger charge is 2.29. The maximum Gasteiger partial charge on any atom is 0.0166 e. The maximum absolute atomic E-state index is 6.29. The molecule has 0 radical (unpaired) electrons. The molecule has 0 bridgehead atoms. The molecule has 0 aromatic carbocycles. The van der Waals surface area contributed by atoms with E-state index in [4.69, 9.17) is 5.73 Å². The Bertz CT molecular complexity index is 511. The Morgan fingerprint density at radius 2 is 1.65 bits per heavy atom. The van der Waals surface area contributed by atoms with Crippen molar-refractivity contribution in [1.29, 1.82) is 0 Å². The van der Waals surface area contributed by atoms with Crippen LogP contribution in [-0.4, -0.2) is 0 Å². The Hall–Kier alpha value is -1.24. The smallest absolute Gasteiger partial charge is 0.0166 e. The molecule has 1 heteroatoms. The first-order valence-electron chi connectivity index (χ1n) is 7.43. The van der Waals surface area contributed by atoms with Crippen LogP contribution in [0.25, 0.3) is 0 Å². The first-order chi connectivity index (χ1) is 8.85. The van der Waals surface area contributed by atoms with E-state index < -0.39 is 0 Å². The second kappa shape index (κ2) is 5.27. The second-order valence-corrected chi connectivity index (χ2v) is 8.11. The van der Waals surface area contributed by atoms with E-state index in [9.17, 15) is 0 Å². The molecule has 1 nitrogen and oxygen atoms in total. The summed E-state index contributed by atoms with van der Waals surface area (Å²) in [6.45, 7) is 21.9. The van der Waals surface area contributed by atoms with Crippen LogP contribution in [0.5, 0.6) is 0 Å². The van der Waals surface area contributed by atoms with Gasteiger partial charge in [-0.3, -0.25) is 0 Å². The van der Waals surface area contributed by atoms with Gasteiger partial charge in [-0.1, -0.05) is 65.3 Å². The SMILES string of the molecule is C=C(C)/C(=C\C1=C(C)CC(N)=C1C(C)(C)C)C(C)(C)C. The van der Waals surface area contributed by atoms with Crippen LogP contribution in [0.4, 0.5) is 0 Å². The lowest BCUT2D eigenvalue weighted by atomic mass is 9.77. The summed E-state index contributed by atoms with van der Waals surface area (Å²) in [5.74, 6) is 0. The largest absolute Gasteiger partial charge is 0.402 e. The van der Waals surface area contributed by atoms with Gasteiger partial charge < -0.3 is 5.73 Å². The fourth-order valence-corrected chi connectivity index (χ4v) is 3.06. The van der Waals surface area contributed by atoms with Gasteiger partial charge in [0.25, 0.3) is 0 Å². The Kier molecular flexibility index (Phi) is 4.43. The molecule has 20 heavy (non-hydrogen) atoms. The number of allylic oxidation sites excluding steroid dienone is 6. The molecule has 2 N–H and O–H groups in total. The highest BCUT2D eigenvalue weighted by Crippen LogP contribution is 2.43. The van der Waals surface area contributed by atoms with Gasteiger partial charge in [-0.2, -0.15) is 0 Å². The van der Waals surface area contributed by atoms with Crippen molar-refractivity contribution in [3.8, 4) is 0 Å². The maximum atomic E-state index is 6.29. The fraction of sp³-hybridized carbons (Fsp3) is 0.579. The standard InChI is InChI=1S/C19H31N/c1-12(2)15(18(4,5)6)11-14-13(3)10-16(20)17(14)19(7,8)9/h11H,1,10,20H2,2-9H3/b15-11+. The van der Waals surface area contributed by atoms with Crippen LogP contribution in [0.2, 0.25) is 0 Å². The van der Waals surface area contributed by atoms with Crippen molar-refractivity contribution in [3.05, 3.63) is 46.2 Å². The minimum Gasteiger partial charge on any atom is -0.402 e. The van der Waals surface area contributed by atoms with Crippen LogP contribution in [-0.2, 0) is 0 Å². The highest BCUT2D eigenvalue weighted by atomic mass is 14.6. The van der Waals surface area contributed by atoms with Gasteiger partial charge in [0.15, 0.2) is 0 Å². The normalized spacial score (nSPS) is 18.1. The van der Waals surface area contributed by atoms with E-state index in [1.54, 1.807) is 0 Å². The van der Waals surface area contributed by atoms with Crippen molar-refractivity contribution in [2.24, 2.45) is 16.6 Å². The summed E-state index contributed by atoms with van der Waals surface area (Å²) in [5.41, 5.74) is 13.9. The highest BCUT2D eigenvalue weighted by molar-refractivity contribution is 5.56. The Balaban J connectivity index is 3.45. The van der Waals surface area contributed by atoms with Gasteiger partial charge in [0, 0.05) is 12.1 Å². The molecule has 0 spiro atoms. The lowest BCUT2D eigenvalue weighted by Crippen LogP contribution is -2.16.